The Kier molecular flexibility index (Phi) is 7.20. The Labute approximate surface area is 164 Å². The van der Waals surface area contributed by atoms with Gasteiger partial charge in [-0.2, -0.15) is 0 Å². The van der Waals surface area contributed by atoms with E-state index in [1.54, 1.807) is 43.3 Å². The maximum Gasteiger partial charge on any atom is 0.340 e. The number of benzene rings is 2. The van der Waals surface area contributed by atoms with Gasteiger partial charge < -0.3 is 10.1 Å². The third-order valence-electron chi connectivity index (χ3n) is 3.48. The SMILES string of the molecule is CC[S@@](=O)c1ccccc1C(=O)O[C@H](C)C(=O)Nc1c(Cl)cccc1Cl. The predicted molar refractivity (Wildman–Crippen MR) is 103 cm³/mol. The van der Waals surface area contributed by atoms with Crippen molar-refractivity contribution in [2.75, 3.05) is 11.1 Å². The topological polar surface area (TPSA) is 72.5 Å². The van der Waals surface area contributed by atoms with Crippen molar-refractivity contribution < 1.29 is 18.5 Å². The fourth-order valence-electron chi connectivity index (χ4n) is 2.11. The smallest absolute Gasteiger partial charge is 0.340 e. The van der Waals surface area contributed by atoms with Gasteiger partial charge in [0.25, 0.3) is 5.91 Å². The maximum atomic E-state index is 12.4. The first-order valence-electron chi connectivity index (χ1n) is 7.78. The lowest BCUT2D eigenvalue weighted by atomic mass is 10.2. The summed E-state index contributed by atoms with van der Waals surface area (Å²) in [5, 5.41) is 3.09. The lowest BCUT2D eigenvalue weighted by molar-refractivity contribution is -0.123. The number of ether oxygens (including phenoxy) is 1. The minimum absolute atomic E-state index is 0.170. The number of carbonyl (C=O) groups excluding carboxylic acids is 2. The molecule has 2 atom stereocenters. The molecule has 0 saturated heterocycles. The quantitative estimate of drug-likeness (QED) is 0.716. The van der Waals surface area contributed by atoms with Crippen molar-refractivity contribution in [3.8, 4) is 0 Å². The lowest BCUT2D eigenvalue weighted by Gasteiger charge is -2.16. The van der Waals surface area contributed by atoms with Crippen LogP contribution in [0.3, 0.4) is 0 Å². The van der Waals surface area contributed by atoms with Gasteiger partial charge in [-0.25, -0.2) is 4.79 Å². The molecule has 0 aliphatic rings. The van der Waals surface area contributed by atoms with Crippen LogP contribution in [0.4, 0.5) is 5.69 Å². The number of hydrogen-bond acceptors (Lipinski definition) is 4. The van der Waals surface area contributed by atoms with E-state index in [9.17, 15) is 13.8 Å². The Morgan fingerprint density at radius 3 is 2.35 bits per heavy atom. The van der Waals surface area contributed by atoms with Gasteiger partial charge in [-0.15, -0.1) is 0 Å². The van der Waals surface area contributed by atoms with Crippen LogP contribution in [-0.2, 0) is 20.3 Å². The summed E-state index contributed by atoms with van der Waals surface area (Å²) >= 11 is 12.0. The summed E-state index contributed by atoms with van der Waals surface area (Å²) < 4.78 is 17.3. The molecule has 138 valence electrons. The molecule has 0 heterocycles. The van der Waals surface area contributed by atoms with Crippen LogP contribution in [-0.4, -0.2) is 27.9 Å². The molecule has 0 unspecified atom stereocenters. The highest BCUT2D eigenvalue weighted by molar-refractivity contribution is 7.85. The van der Waals surface area contributed by atoms with Crippen LogP contribution in [0.25, 0.3) is 0 Å². The van der Waals surface area contributed by atoms with E-state index in [1.165, 1.54) is 13.0 Å². The lowest BCUT2D eigenvalue weighted by Crippen LogP contribution is -2.30. The standard InChI is InChI=1S/C18H17Cl2NO4S/c1-3-26(24)15-10-5-4-7-12(15)18(23)25-11(2)17(22)21-16-13(19)8-6-9-14(16)20/h4-11H,3H2,1-2H3,(H,21,22)/t11-,26-/m1/s1. The van der Waals surface area contributed by atoms with E-state index >= 15 is 0 Å². The van der Waals surface area contributed by atoms with Crippen molar-refractivity contribution in [2.45, 2.75) is 24.8 Å². The van der Waals surface area contributed by atoms with Gasteiger partial charge in [0.05, 0.1) is 37.0 Å². The zero-order valence-electron chi connectivity index (χ0n) is 14.1. The molecular formula is C18H17Cl2NO4S. The van der Waals surface area contributed by atoms with Gasteiger partial charge in [-0.1, -0.05) is 48.3 Å². The van der Waals surface area contributed by atoms with Gasteiger partial charge in [-0.3, -0.25) is 9.00 Å². The van der Waals surface area contributed by atoms with Crippen molar-refractivity contribution in [2.24, 2.45) is 0 Å². The van der Waals surface area contributed by atoms with Crippen molar-refractivity contribution in [1.82, 2.24) is 0 Å². The number of esters is 1. The monoisotopic (exact) mass is 413 g/mol. The molecule has 8 heteroatoms. The third kappa shape index (κ3) is 4.84. The first-order valence-corrected chi connectivity index (χ1v) is 9.85. The Bertz CT molecular complexity index is 837. The largest absolute Gasteiger partial charge is 0.449 e. The van der Waals surface area contributed by atoms with Crippen LogP contribution in [0.2, 0.25) is 10.0 Å². The molecule has 0 saturated carbocycles. The number of carbonyl (C=O) groups is 2. The van der Waals surface area contributed by atoms with E-state index in [0.717, 1.165) is 0 Å². The number of amides is 1. The van der Waals surface area contributed by atoms with Crippen molar-refractivity contribution in [1.29, 1.82) is 0 Å². The summed E-state index contributed by atoms with van der Waals surface area (Å²) in [6, 6.07) is 11.3. The molecular weight excluding hydrogens is 397 g/mol. The molecule has 0 aromatic heterocycles. The summed E-state index contributed by atoms with van der Waals surface area (Å²) in [6.07, 6.45) is -1.10. The molecule has 1 N–H and O–H groups in total. The minimum atomic E-state index is -1.32. The molecule has 0 aliphatic heterocycles. The summed E-state index contributed by atoms with van der Waals surface area (Å²) in [7, 11) is -1.32. The second kappa shape index (κ2) is 9.16. The number of para-hydroxylation sites is 1. The second-order valence-electron chi connectivity index (χ2n) is 5.26. The van der Waals surface area contributed by atoms with Crippen molar-refractivity contribution in [3.63, 3.8) is 0 Å². The van der Waals surface area contributed by atoms with Crippen LogP contribution < -0.4 is 5.32 Å². The fraction of sp³-hybridized carbons (Fsp3) is 0.222. The fourth-order valence-corrected chi connectivity index (χ4v) is 3.54. The molecule has 5 nitrogen and oxygen atoms in total. The first kappa shape index (κ1) is 20.4. The Morgan fingerprint density at radius 1 is 1.12 bits per heavy atom. The van der Waals surface area contributed by atoms with Crippen LogP contribution >= 0.6 is 23.2 Å². The van der Waals surface area contributed by atoms with E-state index in [2.05, 4.69) is 5.32 Å². The van der Waals surface area contributed by atoms with E-state index in [-0.39, 0.29) is 21.3 Å². The number of halogens is 2. The molecule has 2 rings (SSSR count). The van der Waals surface area contributed by atoms with Gasteiger partial charge in [0.2, 0.25) is 0 Å². The first-order chi connectivity index (χ1) is 12.3. The zero-order chi connectivity index (χ0) is 19.3. The Morgan fingerprint density at radius 2 is 1.73 bits per heavy atom. The van der Waals surface area contributed by atoms with Crippen LogP contribution in [0, 0.1) is 0 Å². The van der Waals surface area contributed by atoms with E-state index in [4.69, 9.17) is 27.9 Å². The summed E-state index contributed by atoms with van der Waals surface area (Å²) in [6.45, 7) is 3.18. The molecule has 0 aliphatic carbocycles. The number of anilines is 1. The van der Waals surface area contributed by atoms with Gasteiger partial charge >= 0.3 is 5.97 Å². The summed E-state index contributed by atoms with van der Waals surface area (Å²) in [5.74, 6) is -0.941. The second-order valence-corrected chi connectivity index (χ2v) is 7.79. The number of nitrogens with one attached hydrogen (secondary N) is 1. The van der Waals surface area contributed by atoms with Crippen LogP contribution in [0.1, 0.15) is 24.2 Å². The molecule has 0 bridgehead atoms. The highest BCUT2D eigenvalue weighted by Crippen LogP contribution is 2.30. The predicted octanol–water partition coefficient (Wildman–Crippen LogP) is 4.30. The van der Waals surface area contributed by atoms with Crippen molar-refractivity contribution >= 4 is 51.6 Å². The molecule has 0 spiro atoms. The minimum Gasteiger partial charge on any atom is -0.449 e. The van der Waals surface area contributed by atoms with E-state index < -0.39 is 28.8 Å². The van der Waals surface area contributed by atoms with E-state index in [1.807, 2.05) is 0 Å². The molecule has 0 fully saturated rings. The van der Waals surface area contributed by atoms with Gasteiger partial charge in [0.15, 0.2) is 6.10 Å². The Hall–Kier alpha value is -1.89. The van der Waals surface area contributed by atoms with Gasteiger partial charge in [-0.05, 0) is 31.2 Å². The zero-order valence-corrected chi connectivity index (χ0v) is 16.5. The number of rotatable bonds is 6. The molecule has 1 amide bonds. The van der Waals surface area contributed by atoms with Gasteiger partial charge in [0, 0.05) is 5.75 Å². The maximum absolute atomic E-state index is 12.4. The average Bonchev–Trinajstić information content (AvgIpc) is 2.63. The molecule has 0 radical (unpaired) electrons. The van der Waals surface area contributed by atoms with Gasteiger partial charge in [0.1, 0.15) is 0 Å². The highest BCUT2D eigenvalue weighted by Gasteiger charge is 2.23. The highest BCUT2D eigenvalue weighted by atomic mass is 35.5. The molecule has 26 heavy (non-hydrogen) atoms. The molecule has 2 aromatic rings. The summed E-state index contributed by atoms with van der Waals surface area (Å²) in [4.78, 5) is 25.1. The average molecular weight is 414 g/mol. The Balaban J connectivity index is 2.12. The molecule has 2 aromatic carbocycles. The van der Waals surface area contributed by atoms with E-state index in [0.29, 0.717) is 10.6 Å². The van der Waals surface area contributed by atoms with Crippen molar-refractivity contribution in [3.05, 3.63) is 58.1 Å². The third-order valence-corrected chi connectivity index (χ3v) is 5.48. The summed E-state index contributed by atoms with van der Waals surface area (Å²) in [5.41, 5.74) is 0.416. The normalized spacial score (nSPS) is 12.9. The number of hydrogen-bond donors (Lipinski definition) is 1. The van der Waals surface area contributed by atoms with Crippen LogP contribution in [0.5, 0.6) is 0 Å². The van der Waals surface area contributed by atoms with Crippen LogP contribution in [0.15, 0.2) is 47.4 Å².